The Morgan fingerprint density at radius 2 is 1.95 bits per heavy atom. The molecule has 1 aromatic carbocycles. The van der Waals surface area contributed by atoms with Crippen molar-refractivity contribution in [2.24, 2.45) is 0 Å². The van der Waals surface area contributed by atoms with Crippen molar-refractivity contribution in [2.45, 2.75) is 0 Å². The fraction of sp³-hybridized carbons (Fsp3) is 0.125. The van der Waals surface area contributed by atoms with Gasteiger partial charge in [-0.05, 0) is 6.07 Å². The lowest BCUT2D eigenvalue weighted by Gasteiger charge is -2.08. The molecule has 0 aliphatic rings. The summed E-state index contributed by atoms with van der Waals surface area (Å²) in [5.74, 6) is -2.56. The Hall–Kier alpha value is -1.16. The van der Waals surface area contributed by atoms with E-state index in [0.717, 1.165) is 11.7 Å². The van der Waals surface area contributed by atoms with E-state index in [0.29, 0.717) is 5.52 Å². The number of carboxylic acid groups (broad SMARTS) is 1. The standard InChI is InChI=1S/C8H5Cl2N3O4S2/c9-3-1-4(10)7(8-6(3)11-18-12-8)13-19(16,17)2-5(14)15/h1,13H,2H2,(H,14,15). The van der Waals surface area contributed by atoms with E-state index in [9.17, 15) is 13.2 Å². The third-order valence-electron chi connectivity index (χ3n) is 2.01. The van der Waals surface area contributed by atoms with Gasteiger partial charge in [0.1, 0.15) is 11.0 Å². The number of anilines is 1. The summed E-state index contributed by atoms with van der Waals surface area (Å²) >= 11 is 12.6. The maximum Gasteiger partial charge on any atom is 0.320 e. The van der Waals surface area contributed by atoms with Crippen LogP contribution in [0, 0.1) is 0 Å². The van der Waals surface area contributed by atoms with Crippen LogP contribution in [0.3, 0.4) is 0 Å². The first-order valence-electron chi connectivity index (χ1n) is 4.63. The second kappa shape index (κ2) is 5.08. The highest BCUT2D eigenvalue weighted by Gasteiger charge is 2.21. The van der Waals surface area contributed by atoms with Gasteiger partial charge in [-0.25, -0.2) is 8.42 Å². The molecule has 102 valence electrons. The summed E-state index contributed by atoms with van der Waals surface area (Å²) in [5.41, 5.74) is 0.441. The van der Waals surface area contributed by atoms with E-state index in [1.54, 1.807) is 0 Å². The van der Waals surface area contributed by atoms with E-state index in [4.69, 9.17) is 28.3 Å². The molecule has 0 amide bonds. The number of sulfonamides is 1. The van der Waals surface area contributed by atoms with E-state index < -0.39 is 21.7 Å². The van der Waals surface area contributed by atoms with Crippen LogP contribution in [0.5, 0.6) is 0 Å². The molecule has 2 aromatic rings. The van der Waals surface area contributed by atoms with Crippen LogP contribution < -0.4 is 4.72 Å². The Balaban J connectivity index is 2.52. The highest BCUT2D eigenvalue weighted by atomic mass is 35.5. The molecule has 0 unspecified atom stereocenters. The summed E-state index contributed by atoms with van der Waals surface area (Å²) in [6.07, 6.45) is 0. The molecule has 2 rings (SSSR count). The van der Waals surface area contributed by atoms with E-state index >= 15 is 0 Å². The highest BCUT2D eigenvalue weighted by Crippen LogP contribution is 2.35. The normalized spacial score (nSPS) is 11.7. The van der Waals surface area contributed by atoms with Gasteiger partial charge in [0, 0.05) is 0 Å². The van der Waals surface area contributed by atoms with E-state index in [2.05, 4.69) is 13.5 Å². The van der Waals surface area contributed by atoms with E-state index in [1.165, 1.54) is 6.07 Å². The average Bonchev–Trinajstić information content (AvgIpc) is 2.71. The number of carbonyl (C=O) groups is 1. The maximum absolute atomic E-state index is 11.6. The Morgan fingerprint density at radius 3 is 2.58 bits per heavy atom. The monoisotopic (exact) mass is 341 g/mol. The van der Waals surface area contributed by atoms with Gasteiger partial charge in [-0.15, -0.1) is 0 Å². The first-order valence-corrected chi connectivity index (χ1v) is 7.76. The first kappa shape index (κ1) is 14.3. The Labute approximate surface area is 121 Å². The second-order valence-electron chi connectivity index (χ2n) is 3.43. The van der Waals surface area contributed by atoms with Gasteiger partial charge < -0.3 is 5.11 Å². The fourth-order valence-corrected chi connectivity index (χ4v) is 3.46. The van der Waals surface area contributed by atoms with Crippen molar-refractivity contribution < 1.29 is 18.3 Å². The van der Waals surface area contributed by atoms with Gasteiger partial charge in [-0.1, -0.05) is 23.2 Å². The second-order valence-corrected chi connectivity index (χ2v) is 6.50. The van der Waals surface area contributed by atoms with Crippen LogP contribution >= 0.6 is 34.9 Å². The first-order chi connectivity index (χ1) is 8.80. The van der Waals surface area contributed by atoms with Crippen molar-refractivity contribution in [3.63, 3.8) is 0 Å². The minimum Gasteiger partial charge on any atom is -0.480 e. The lowest BCUT2D eigenvalue weighted by Crippen LogP contribution is -2.22. The van der Waals surface area contributed by atoms with E-state index in [-0.39, 0.29) is 21.2 Å². The number of carboxylic acids is 1. The molecular weight excluding hydrogens is 337 g/mol. The third kappa shape index (κ3) is 3.06. The summed E-state index contributed by atoms with van der Waals surface area (Å²) < 4.78 is 33.0. The van der Waals surface area contributed by atoms with Crippen molar-refractivity contribution >= 4 is 67.6 Å². The maximum atomic E-state index is 11.6. The molecule has 0 aliphatic heterocycles. The molecule has 0 aliphatic carbocycles. The van der Waals surface area contributed by atoms with Crippen LogP contribution in [0.2, 0.25) is 10.0 Å². The van der Waals surface area contributed by atoms with Gasteiger partial charge in [-0.2, -0.15) is 8.75 Å². The zero-order valence-corrected chi connectivity index (χ0v) is 12.1. The molecule has 2 N–H and O–H groups in total. The molecule has 11 heteroatoms. The molecule has 0 bridgehead atoms. The molecule has 19 heavy (non-hydrogen) atoms. The summed E-state index contributed by atoms with van der Waals surface area (Å²) in [7, 11) is -4.08. The van der Waals surface area contributed by atoms with Crippen LogP contribution in [0.4, 0.5) is 5.69 Å². The Kier molecular flexibility index (Phi) is 3.81. The number of fused-ring (bicyclic) bond motifs is 1. The fourth-order valence-electron chi connectivity index (χ4n) is 1.33. The van der Waals surface area contributed by atoms with Gasteiger partial charge in [0.05, 0.1) is 27.5 Å². The van der Waals surface area contributed by atoms with Gasteiger partial charge in [-0.3, -0.25) is 9.52 Å². The predicted molar refractivity (Wildman–Crippen MR) is 72.5 cm³/mol. The molecule has 0 saturated heterocycles. The molecule has 7 nitrogen and oxygen atoms in total. The van der Waals surface area contributed by atoms with Crippen molar-refractivity contribution in [3.8, 4) is 0 Å². The topological polar surface area (TPSA) is 109 Å². The smallest absolute Gasteiger partial charge is 0.320 e. The number of halogens is 2. The molecule has 0 atom stereocenters. The number of hydrogen-bond donors (Lipinski definition) is 2. The van der Waals surface area contributed by atoms with Crippen LogP contribution in [0.15, 0.2) is 6.07 Å². The number of hydrogen-bond acceptors (Lipinski definition) is 6. The molecule has 0 radical (unpaired) electrons. The highest BCUT2D eigenvalue weighted by molar-refractivity contribution is 7.93. The number of aliphatic carboxylic acids is 1. The van der Waals surface area contributed by atoms with E-state index in [1.807, 2.05) is 0 Å². The zero-order valence-electron chi connectivity index (χ0n) is 8.92. The summed E-state index contributed by atoms with van der Waals surface area (Å²) in [4.78, 5) is 10.5. The van der Waals surface area contributed by atoms with Crippen LogP contribution in [-0.2, 0) is 14.8 Å². The SMILES string of the molecule is O=C(O)CS(=O)(=O)Nc1c(Cl)cc(Cl)c2nsnc12. The van der Waals surface area contributed by atoms with Crippen molar-refractivity contribution in [2.75, 3.05) is 10.5 Å². The van der Waals surface area contributed by atoms with Crippen LogP contribution in [0.25, 0.3) is 11.0 Å². The number of nitrogens with zero attached hydrogens (tertiary/aromatic N) is 2. The van der Waals surface area contributed by atoms with Crippen molar-refractivity contribution in [1.82, 2.24) is 8.75 Å². The molecule has 0 fully saturated rings. The van der Waals surface area contributed by atoms with Gasteiger partial charge >= 0.3 is 5.97 Å². The number of benzene rings is 1. The van der Waals surface area contributed by atoms with Crippen LogP contribution in [0.1, 0.15) is 0 Å². The van der Waals surface area contributed by atoms with Crippen molar-refractivity contribution in [1.29, 1.82) is 0 Å². The molecule has 0 saturated carbocycles. The third-order valence-corrected chi connectivity index (χ3v) is 4.27. The summed E-state index contributed by atoms with van der Waals surface area (Å²) in [6, 6.07) is 1.31. The largest absolute Gasteiger partial charge is 0.480 e. The Morgan fingerprint density at radius 1 is 1.32 bits per heavy atom. The summed E-state index contributed by atoms with van der Waals surface area (Å²) in [5, 5.41) is 8.76. The zero-order chi connectivity index (χ0) is 14.2. The quantitative estimate of drug-likeness (QED) is 0.877. The molecular formula is C8H5Cl2N3O4S2. The minimum absolute atomic E-state index is 0.0131. The Bertz CT molecular complexity index is 759. The average molecular weight is 342 g/mol. The molecule has 0 spiro atoms. The number of rotatable bonds is 4. The predicted octanol–water partition coefficient (Wildman–Crippen LogP) is 1.82. The van der Waals surface area contributed by atoms with Gasteiger partial charge in [0.2, 0.25) is 10.0 Å². The van der Waals surface area contributed by atoms with Crippen LogP contribution in [-0.4, -0.2) is 34.0 Å². The van der Waals surface area contributed by atoms with Crippen molar-refractivity contribution in [3.05, 3.63) is 16.1 Å². The van der Waals surface area contributed by atoms with Gasteiger partial charge in [0.25, 0.3) is 0 Å². The number of aromatic nitrogens is 2. The molecule has 1 heterocycles. The summed E-state index contributed by atoms with van der Waals surface area (Å²) in [6.45, 7) is 0. The van der Waals surface area contributed by atoms with Gasteiger partial charge in [0.15, 0.2) is 5.75 Å². The lowest BCUT2D eigenvalue weighted by atomic mass is 10.3. The minimum atomic E-state index is -4.08. The lowest BCUT2D eigenvalue weighted by molar-refractivity contribution is -0.134. The number of nitrogens with one attached hydrogen (secondary N) is 1. The molecule has 1 aromatic heterocycles.